The molecule has 18 N–H and O–H groups in total. The normalized spacial score (nSPS) is 26.5. The van der Waals surface area contributed by atoms with Crippen molar-refractivity contribution in [2.45, 2.75) is 253 Å². The van der Waals surface area contributed by atoms with Crippen LogP contribution in [0.1, 0.15) is 142 Å². The minimum Gasteiger partial charge on any atom is -0.508 e. The third-order valence-corrected chi connectivity index (χ3v) is 16.1. The number of carbonyl (C=O) groups excluding carboxylic acids is 7. The third-order valence-electron chi connectivity index (χ3n) is 16.1. The molecule has 7 amide bonds. The van der Waals surface area contributed by atoms with Crippen molar-refractivity contribution in [2.24, 2.45) is 0 Å². The van der Waals surface area contributed by atoms with Crippen molar-refractivity contribution in [3.8, 4) is 5.75 Å². The highest BCUT2D eigenvalue weighted by atomic mass is 16.7. The van der Waals surface area contributed by atoms with Crippen LogP contribution in [0.2, 0.25) is 0 Å². The molecule has 0 aromatic heterocycles. The quantitative estimate of drug-likeness (QED) is 0.0284. The van der Waals surface area contributed by atoms with Gasteiger partial charge in [-0.25, -0.2) is 0 Å². The lowest BCUT2D eigenvalue weighted by molar-refractivity contribution is -0.270. The predicted molar refractivity (Wildman–Crippen MR) is 332 cm³/mol. The van der Waals surface area contributed by atoms with Crippen LogP contribution in [0.5, 0.6) is 5.75 Å². The number of nitrogens with one attached hydrogen (secondary N) is 8. The fourth-order valence-electron chi connectivity index (χ4n) is 10.9. The molecule has 17 atom stereocenters. The summed E-state index contributed by atoms with van der Waals surface area (Å²) in [4.78, 5) is 92.7. The number of rotatable bonds is 44. The standard InChI is InChI=1S/C62H106N8O23/c1-36(2)66-43(31-39-17-19-40(76)20-18-39)60(87)70-42(59(86)65-27-13-7-10-16-30-90-62-52(68-38(4)75)57(84)55(82)47(35-73)93-62)22-24-49(79)69-41(21-23-48(78)63-25-11-5-8-14-28-88-50-32-44(77)53(80)45(33-71)91-50)58(85)64-26-12-6-9-15-29-89-61-51(67-37(3)74)56(83)54(81)46(34-72)92-61/h17-20,36,41-47,50-57,61-62,66,71-73,76-77,80-84H,5-16,21-35H2,1-4H3,(H,63,78)(H,64,85)(H,65,86)(H,67,74)(H,68,75)(H,69,79)(H,70,87). The molecule has 532 valence electrons. The summed E-state index contributed by atoms with van der Waals surface area (Å²) in [5.41, 5.74) is 0.722. The van der Waals surface area contributed by atoms with Crippen molar-refractivity contribution in [3.05, 3.63) is 29.8 Å². The van der Waals surface area contributed by atoms with Crippen LogP contribution in [0, 0.1) is 0 Å². The van der Waals surface area contributed by atoms with E-state index < -0.39 is 159 Å². The predicted octanol–water partition coefficient (Wildman–Crippen LogP) is -3.37. The van der Waals surface area contributed by atoms with Crippen molar-refractivity contribution in [3.63, 3.8) is 0 Å². The van der Waals surface area contributed by atoms with E-state index in [0.717, 1.165) is 18.4 Å². The summed E-state index contributed by atoms with van der Waals surface area (Å²) < 4.78 is 34.0. The van der Waals surface area contributed by atoms with Gasteiger partial charge in [0, 0.05) is 78.6 Å². The topological polar surface area (TPSA) is 473 Å². The Morgan fingerprint density at radius 1 is 0.505 bits per heavy atom. The zero-order valence-corrected chi connectivity index (χ0v) is 54.1. The zero-order valence-electron chi connectivity index (χ0n) is 54.1. The first-order chi connectivity index (χ1) is 44.5. The number of amides is 7. The SMILES string of the molecule is CC(=O)NC1C(OCCCCCCNC(=O)C(CCC(=O)NCCCCCCOC2CC(O)C(O)C(CO)O2)NC(=O)CCC(NC(=O)C(Cc2ccc(O)cc2)NC(C)C)C(=O)NCCCCCCOC2OC(CO)C(O)C(O)C2NC(C)=O)OC(CO)C(O)C1O. The van der Waals surface area contributed by atoms with Gasteiger partial charge in [-0.15, -0.1) is 0 Å². The van der Waals surface area contributed by atoms with Gasteiger partial charge in [0.1, 0.15) is 78.7 Å². The van der Waals surface area contributed by atoms with Crippen LogP contribution in [0.25, 0.3) is 0 Å². The largest absolute Gasteiger partial charge is 0.508 e. The molecule has 17 unspecified atom stereocenters. The first kappa shape index (κ1) is 80.1. The number of aliphatic hydroxyl groups excluding tert-OH is 9. The molecule has 3 saturated heterocycles. The molecule has 1 aromatic rings. The number of aliphatic hydroxyl groups is 9. The lowest BCUT2D eigenvalue weighted by Crippen LogP contribution is -2.64. The fraction of sp³-hybridized carbons (Fsp3) is 0.790. The van der Waals surface area contributed by atoms with E-state index >= 15 is 0 Å². The van der Waals surface area contributed by atoms with E-state index in [1.165, 1.54) is 26.0 Å². The molecule has 1 aromatic carbocycles. The Bertz CT molecular complexity index is 2370. The highest BCUT2D eigenvalue weighted by molar-refractivity contribution is 5.91. The molecule has 3 aliphatic rings. The summed E-state index contributed by atoms with van der Waals surface area (Å²) in [5.74, 6) is -3.60. The Labute approximate surface area is 543 Å². The molecular weight excluding hydrogens is 1220 g/mol. The van der Waals surface area contributed by atoms with E-state index in [1.54, 1.807) is 12.1 Å². The number of phenols is 1. The molecule has 3 fully saturated rings. The summed E-state index contributed by atoms with van der Waals surface area (Å²) in [7, 11) is 0. The number of ether oxygens (including phenoxy) is 6. The molecule has 0 aliphatic carbocycles. The van der Waals surface area contributed by atoms with Gasteiger partial charge >= 0.3 is 0 Å². The van der Waals surface area contributed by atoms with Crippen molar-refractivity contribution < 1.29 is 113 Å². The second-order valence-electron chi connectivity index (χ2n) is 24.2. The summed E-state index contributed by atoms with van der Waals surface area (Å²) in [6, 6.07) is 0.735. The number of unbranched alkanes of at least 4 members (excludes halogenated alkanes) is 9. The summed E-state index contributed by atoms with van der Waals surface area (Å²) >= 11 is 0. The molecule has 31 nitrogen and oxygen atoms in total. The Kier molecular flexibility index (Phi) is 37.6. The molecule has 0 saturated carbocycles. The number of aromatic hydroxyl groups is 1. The van der Waals surface area contributed by atoms with Crippen LogP contribution >= 0.6 is 0 Å². The van der Waals surface area contributed by atoms with Crippen LogP contribution in [-0.2, 0) is 68.4 Å². The molecule has 93 heavy (non-hydrogen) atoms. The molecule has 0 spiro atoms. The molecular formula is C62H106N8O23. The maximum Gasteiger partial charge on any atom is 0.242 e. The number of carbonyl (C=O) groups is 7. The van der Waals surface area contributed by atoms with Crippen molar-refractivity contribution in [1.29, 1.82) is 0 Å². The molecule has 0 bridgehead atoms. The Morgan fingerprint density at radius 3 is 1.40 bits per heavy atom. The maximum absolute atomic E-state index is 14.1. The number of phenolic OH excluding ortho intramolecular Hbond substituents is 1. The lowest BCUT2D eigenvalue weighted by atomic mass is 9.97. The van der Waals surface area contributed by atoms with Crippen LogP contribution in [-0.4, -0.2) is 262 Å². The third kappa shape index (κ3) is 29.3. The molecule has 3 heterocycles. The number of hydrogen-bond donors (Lipinski definition) is 18. The highest BCUT2D eigenvalue weighted by Gasteiger charge is 2.47. The van der Waals surface area contributed by atoms with Crippen molar-refractivity contribution in [1.82, 2.24) is 42.5 Å². The van der Waals surface area contributed by atoms with E-state index in [0.29, 0.717) is 77.4 Å². The summed E-state index contributed by atoms with van der Waals surface area (Å²) in [5, 5.41) is 123. The van der Waals surface area contributed by atoms with Gasteiger partial charge in [-0.05, 0) is 75.5 Å². The van der Waals surface area contributed by atoms with E-state index in [9.17, 15) is 84.6 Å². The summed E-state index contributed by atoms with van der Waals surface area (Å²) in [6.07, 6.45) is -7.65. The van der Waals surface area contributed by atoms with E-state index in [4.69, 9.17) is 28.4 Å². The number of benzene rings is 1. The van der Waals surface area contributed by atoms with Gasteiger partial charge < -0.3 is 122 Å². The average Bonchev–Trinajstić information content (AvgIpc) is 1.08. The molecule has 3 aliphatic heterocycles. The van der Waals surface area contributed by atoms with E-state index in [-0.39, 0.29) is 82.5 Å². The Hall–Kier alpha value is -5.33. The second-order valence-corrected chi connectivity index (χ2v) is 24.2. The van der Waals surface area contributed by atoms with Crippen LogP contribution in [0.15, 0.2) is 24.3 Å². The van der Waals surface area contributed by atoms with Gasteiger partial charge in [-0.1, -0.05) is 64.5 Å². The maximum atomic E-state index is 14.1. The van der Waals surface area contributed by atoms with Gasteiger partial charge in [-0.2, -0.15) is 0 Å². The first-order valence-corrected chi connectivity index (χ1v) is 32.7. The molecule has 0 radical (unpaired) electrons. The highest BCUT2D eigenvalue weighted by Crippen LogP contribution is 2.25. The van der Waals surface area contributed by atoms with Crippen molar-refractivity contribution in [2.75, 3.05) is 59.3 Å². The average molecular weight is 1330 g/mol. The number of hydrogen-bond acceptors (Lipinski definition) is 24. The first-order valence-electron chi connectivity index (χ1n) is 32.7. The van der Waals surface area contributed by atoms with Gasteiger partial charge in [0.05, 0.1) is 32.0 Å². The van der Waals surface area contributed by atoms with E-state index in [1.807, 2.05) is 13.8 Å². The van der Waals surface area contributed by atoms with Crippen LogP contribution in [0.3, 0.4) is 0 Å². The Morgan fingerprint density at radius 2 is 0.935 bits per heavy atom. The fourth-order valence-corrected chi connectivity index (χ4v) is 10.9. The minimum atomic E-state index is -1.46. The van der Waals surface area contributed by atoms with Crippen molar-refractivity contribution >= 4 is 41.4 Å². The van der Waals surface area contributed by atoms with Gasteiger partial charge in [0.25, 0.3) is 0 Å². The monoisotopic (exact) mass is 1330 g/mol. The molecule has 31 heteroatoms. The minimum absolute atomic E-state index is 0.0407. The van der Waals surface area contributed by atoms with Crippen LogP contribution < -0.4 is 42.5 Å². The summed E-state index contributed by atoms with van der Waals surface area (Å²) in [6.45, 7) is 5.83. The van der Waals surface area contributed by atoms with Crippen LogP contribution in [0.4, 0.5) is 0 Å². The second kappa shape index (κ2) is 43.7. The van der Waals surface area contributed by atoms with Gasteiger partial charge in [0.2, 0.25) is 41.4 Å². The zero-order chi connectivity index (χ0) is 68.4. The van der Waals surface area contributed by atoms with Gasteiger partial charge in [-0.3, -0.25) is 33.6 Å². The Balaban J connectivity index is 1.35. The van der Waals surface area contributed by atoms with Gasteiger partial charge in [0.15, 0.2) is 18.9 Å². The molecule has 4 rings (SSSR count). The smallest absolute Gasteiger partial charge is 0.242 e. The lowest BCUT2D eigenvalue weighted by Gasteiger charge is -2.42. The van der Waals surface area contributed by atoms with E-state index in [2.05, 4.69) is 42.5 Å².